The van der Waals surface area contributed by atoms with Crippen LogP contribution in [-0.2, 0) is 4.79 Å². The summed E-state index contributed by atoms with van der Waals surface area (Å²) in [4.78, 5) is 12.2. The number of carbonyl (C=O) groups is 1. The molecule has 0 aliphatic carbocycles. The molecule has 0 heterocycles. The lowest BCUT2D eigenvalue weighted by molar-refractivity contribution is -0.134. The van der Waals surface area contributed by atoms with Crippen molar-refractivity contribution in [3.8, 4) is 0 Å². The van der Waals surface area contributed by atoms with Crippen molar-refractivity contribution < 1.29 is 4.79 Å². The van der Waals surface area contributed by atoms with E-state index in [9.17, 15) is 4.79 Å². The zero-order chi connectivity index (χ0) is 13.0. The normalized spacial score (nSPS) is 15.7. The van der Waals surface area contributed by atoms with Crippen molar-refractivity contribution in [1.29, 1.82) is 0 Å². The molecular formula is C14H27NO. The van der Waals surface area contributed by atoms with Crippen molar-refractivity contribution in [3.05, 3.63) is 12.7 Å². The second kappa shape index (κ2) is 5.51. The maximum absolute atomic E-state index is 12.2. The average Bonchev–Trinajstić information content (AvgIpc) is 2.10. The lowest BCUT2D eigenvalue weighted by Gasteiger charge is -2.37. The van der Waals surface area contributed by atoms with Crippen LogP contribution in [0.25, 0.3) is 0 Å². The lowest BCUT2D eigenvalue weighted by Crippen LogP contribution is -2.44. The van der Waals surface area contributed by atoms with E-state index >= 15 is 0 Å². The zero-order valence-electron chi connectivity index (χ0n) is 11.7. The Balaban J connectivity index is 4.81. The Morgan fingerprint density at radius 3 is 2.12 bits per heavy atom. The number of rotatable bonds is 5. The van der Waals surface area contributed by atoms with Crippen LogP contribution >= 0.6 is 0 Å². The van der Waals surface area contributed by atoms with E-state index in [-0.39, 0.29) is 16.7 Å². The van der Waals surface area contributed by atoms with Crippen molar-refractivity contribution in [1.82, 2.24) is 5.32 Å². The monoisotopic (exact) mass is 225 g/mol. The molecule has 1 N–H and O–H groups in total. The molecule has 1 amide bonds. The summed E-state index contributed by atoms with van der Waals surface area (Å²) in [6.45, 7) is 17.0. The molecule has 0 spiro atoms. The van der Waals surface area contributed by atoms with Gasteiger partial charge in [-0.25, -0.2) is 0 Å². The van der Waals surface area contributed by atoms with Crippen LogP contribution in [0.4, 0.5) is 0 Å². The van der Waals surface area contributed by atoms with Crippen molar-refractivity contribution in [2.75, 3.05) is 6.54 Å². The predicted molar refractivity (Wildman–Crippen MR) is 70.2 cm³/mol. The molecule has 2 heteroatoms. The standard InChI is InChI=1S/C14H27NO/c1-8-9-15-12(16)14(7,11(2)3)10-13(4,5)6/h8,11H,1,9-10H2,2-7H3,(H,15,16). The summed E-state index contributed by atoms with van der Waals surface area (Å²) in [5.41, 5.74) is -0.147. The quantitative estimate of drug-likeness (QED) is 0.714. The molecule has 0 saturated carbocycles. The molecule has 0 aromatic rings. The van der Waals surface area contributed by atoms with E-state index in [1.165, 1.54) is 0 Å². The Morgan fingerprint density at radius 1 is 1.31 bits per heavy atom. The highest BCUT2D eigenvalue weighted by atomic mass is 16.2. The molecule has 0 aliphatic heterocycles. The molecule has 0 radical (unpaired) electrons. The SMILES string of the molecule is C=CCNC(=O)C(C)(CC(C)(C)C)C(C)C. The van der Waals surface area contributed by atoms with Crippen LogP contribution in [0.2, 0.25) is 0 Å². The number of nitrogens with one attached hydrogen (secondary N) is 1. The number of hydrogen-bond donors (Lipinski definition) is 1. The fourth-order valence-electron chi connectivity index (χ4n) is 2.02. The van der Waals surface area contributed by atoms with Gasteiger partial charge in [0.25, 0.3) is 0 Å². The fourth-order valence-corrected chi connectivity index (χ4v) is 2.02. The maximum atomic E-state index is 12.2. The molecule has 2 nitrogen and oxygen atoms in total. The van der Waals surface area contributed by atoms with Gasteiger partial charge in [-0.3, -0.25) is 4.79 Å². The minimum atomic E-state index is -0.304. The molecule has 1 unspecified atom stereocenters. The third kappa shape index (κ3) is 4.38. The van der Waals surface area contributed by atoms with E-state index in [0.29, 0.717) is 12.5 Å². The molecule has 0 aromatic carbocycles. The molecule has 0 aromatic heterocycles. The topological polar surface area (TPSA) is 29.1 Å². The molecule has 0 fully saturated rings. The predicted octanol–water partition coefficient (Wildman–Crippen LogP) is 3.39. The van der Waals surface area contributed by atoms with Gasteiger partial charge in [0.05, 0.1) is 0 Å². The van der Waals surface area contributed by atoms with Gasteiger partial charge in [-0.15, -0.1) is 6.58 Å². The summed E-state index contributed by atoms with van der Waals surface area (Å²) < 4.78 is 0. The van der Waals surface area contributed by atoms with Crippen LogP contribution in [0.5, 0.6) is 0 Å². The van der Waals surface area contributed by atoms with E-state index in [4.69, 9.17) is 0 Å². The minimum Gasteiger partial charge on any atom is -0.352 e. The highest BCUT2D eigenvalue weighted by Crippen LogP contribution is 2.39. The molecule has 94 valence electrons. The third-order valence-electron chi connectivity index (χ3n) is 3.10. The summed E-state index contributed by atoms with van der Waals surface area (Å²) in [5, 5.41) is 2.92. The molecule has 16 heavy (non-hydrogen) atoms. The number of carbonyl (C=O) groups excluding carboxylic acids is 1. The first kappa shape index (κ1) is 15.2. The zero-order valence-corrected chi connectivity index (χ0v) is 11.7. The average molecular weight is 225 g/mol. The van der Waals surface area contributed by atoms with Crippen molar-refractivity contribution in [2.24, 2.45) is 16.7 Å². The van der Waals surface area contributed by atoms with Crippen molar-refractivity contribution in [3.63, 3.8) is 0 Å². The molecule has 0 aliphatic rings. The van der Waals surface area contributed by atoms with Gasteiger partial charge in [-0.2, -0.15) is 0 Å². The first-order valence-electron chi connectivity index (χ1n) is 6.02. The van der Waals surface area contributed by atoms with Gasteiger partial charge in [0.2, 0.25) is 5.91 Å². The highest BCUT2D eigenvalue weighted by Gasteiger charge is 2.39. The van der Waals surface area contributed by atoms with Gasteiger partial charge in [0.1, 0.15) is 0 Å². The van der Waals surface area contributed by atoms with Crippen molar-refractivity contribution in [2.45, 2.75) is 48.0 Å². The largest absolute Gasteiger partial charge is 0.352 e. The summed E-state index contributed by atoms with van der Waals surface area (Å²) in [5.74, 6) is 0.467. The Labute approximate surface area is 101 Å². The Hall–Kier alpha value is -0.790. The van der Waals surface area contributed by atoms with Crippen LogP contribution in [0.15, 0.2) is 12.7 Å². The molecular weight excluding hydrogens is 198 g/mol. The number of hydrogen-bond acceptors (Lipinski definition) is 1. The van der Waals surface area contributed by atoms with Crippen LogP contribution in [0, 0.1) is 16.7 Å². The first-order valence-corrected chi connectivity index (χ1v) is 6.02. The second-order valence-electron chi connectivity index (χ2n) is 6.31. The number of amides is 1. The maximum Gasteiger partial charge on any atom is 0.226 e. The van der Waals surface area contributed by atoms with E-state index < -0.39 is 0 Å². The van der Waals surface area contributed by atoms with Crippen LogP contribution in [-0.4, -0.2) is 12.5 Å². The Morgan fingerprint density at radius 2 is 1.81 bits per heavy atom. The van der Waals surface area contributed by atoms with E-state index in [0.717, 1.165) is 6.42 Å². The van der Waals surface area contributed by atoms with Crippen LogP contribution < -0.4 is 5.32 Å². The molecule has 0 saturated heterocycles. The van der Waals surface area contributed by atoms with Crippen LogP contribution in [0.1, 0.15) is 48.0 Å². The summed E-state index contributed by atoms with van der Waals surface area (Å²) in [6, 6.07) is 0. The van der Waals surface area contributed by atoms with Gasteiger partial charge >= 0.3 is 0 Å². The molecule has 0 rings (SSSR count). The van der Waals surface area contributed by atoms with E-state index in [2.05, 4.69) is 53.4 Å². The van der Waals surface area contributed by atoms with Gasteiger partial charge in [0.15, 0.2) is 0 Å². The van der Waals surface area contributed by atoms with Crippen LogP contribution in [0.3, 0.4) is 0 Å². The fraction of sp³-hybridized carbons (Fsp3) is 0.786. The summed E-state index contributed by atoms with van der Waals surface area (Å²) in [7, 11) is 0. The first-order chi connectivity index (χ1) is 7.13. The second-order valence-corrected chi connectivity index (χ2v) is 6.31. The highest BCUT2D eigenvalue weighted by molar-refractivity contribution is 5.82. The van der Waals surface area contributed by atoms with E-state index in [1.807, 2.05) is 0 Å². The Bertz CT molecular complexity index is 250. The Kier molecular flexibility index (Phi) is 5.24. The van der Waals surface area contributed by atoms with Gasteiger partial charge in [-0.1, -0.05) is 47.6 Å². The lowest BCUT2D eigenvalue weighted by atomic mass is 9.68. The summed E-state index contributed by atoms with van der Waals surface area (Å²) in [6.07, 6.45) is 2.61. The van der Waals surface area contributed by atoms with Gasteiger partial charge in [-0.05, 0) is 17.8 Å². The van der Waals surface area contributed by atoms with E-state index in [1.54, 1.807) is 6.08 Å². The molecule has 0 bridgehead atoms. The van der Waals surface area contributed by atoms with Gasteiger partial charge < -0.3 is 5.32 Å². The smallest absolute Gasteiger partial charge is 0.226 e. The minimum absolute atomic E-state index is 0.136. The third-order valence-corrected chi connectivity index (χ3v) is 3.10. The molecule has 1 atom stereocenters. The van der Waals surface area contributed by atoms with Crippen molar-refractivity contribution >= 4 is 5.91 Å². The van der Waals surface area contributed by atoms with Gasteiger partial charge in [0, 0.05) is 12.0 Å². The summed E-state index contributed by atoms with van der Waals surface area (Å²) >= 11 is 0.